The Morgan fingerprint density at radius 3 is 2.58 bits per heavy atom. The number of urea groups is 1. The van der Waals surface area contributed by atoms with Crippen LogP contribution in [0.5, 0.6) is 0 Å². The van der Waals surface area contributed by atoms with Gasteiger partial charge in [-0.25, -0.2) is 14.4 Å². The highest BCUT2D eigenvalue weighted by atomic mass is 32.2. The second-order valence-electron chi connectivity index (χ2n) is 9.84. The Kier molecular flexibility index (Phi) is 6.50. The van der Waals surface area contributed by atoms with E-state index in [4.69, 9.17) is 0 Å². The fourth-order valence-electron chi connectivity index (χ4n) is 5.66. The molecule has 13 heteroatoms. The van der Waals surface area contributed by atoms with Gasteiger partial charge in [0.05, 0.1) is 16.7 Å². The van der Waals surface area contributed by atoms with E-state index in [0.717, 1.165) is 4.90 Å². The highest BCUT2D eigenvalue weighted by Gasteiger charge is 2.75. The summed E-state index contributed by atoms with van der Waals surface area (Å²) >= 11 is 1.36. The van der Waals surface area contributed by atoms with Crippen molar-refractivity contribution in [1.82, 2.24) is 20.5 Å². The number of amides is 6. The van der Waals surface area contributed by atoms with E-state index < -0.39 is 56.0 Å². The number of rotatable bonds is 6. The number of carbonyl (C=O) groups excluding carboxylic acids is 5. The standard InChI is InChI=1S/C23H29N5O7S/c1-4-27(21(35)26-11-10-24-18(31)19(26)32)23(8-6-5-7-9-23)13-14(29)25-28-15(30)12-16(28)36-22(2,3)17(28)20(33)34/h5-8,16-17H,4,9-13H2,1-3H3,(H2-,24,25,29,31,33,34)/p+1/t16-,17+,23?,28?/m1/s1. The van der Waals surface area contributed by atoms with Gasteiger partial charge in [0, 0.05) is 19.6 Å². The van der Waals surface area contributed by atoms with Crippen molar-refractivity contribution < 1.29 is 38.5 Å². The molecule has 6 amide bonds. The van der Waals surface area contributed by atoms with E-state index in [1.807, 2.05) is 0 Å². The van der Waals surface area contributed by atoms with Gasteiger partial charge in [0.15, 0.2) is 5.37 Å². The smallest absolute Gasteiger partial charge is 0.367 e. The Hall–Kier alpha value is -3.19. The number of fused-ring (bicyclic) bond motifs is 1. The molecule has 3 N–H and O–H groups in total. The monoisotopic (exact) mass is 520 g/mol. The molecular formula is C23H30N5O7S+. The van der Waals surface area contributed by atoms with Gasteiger partial charge in [0.2, 0.25) is 6.04 Å². The number of imide groups is 1. The molecule has 0 aromatic carbocycles. The van der Waals surface area contributed by atoms with Crippen LogP contribution in [0.4, 0.5) is 4.79 Å². The number of nitrogens with one attached hydrogen (secondary N) is 2. The summed E-state index contributed by atoms with van der Waals surface area (Å²) in [7, 11) is 0. The number of thioether (sulfide) groups is 1. The van der Waals surface area contributed by atoms with Gasteiger partial charge in [-0.1, -0.05) is 36.1 Å². The third kappa shape index (κ3) is 3.90. The number of carboxylic acid groups (broad SMARTS) is 1. The van der Waals surface area contributed by atoms with Crippen LogP contribution < -0.4 is 10.7 Å². The number of hydrogen-bond donors (Lipinski definition) is 3. The molecule has 4 atom stereocenters. The number of nitrogens with zero attached hydrogens (tertiary/aromatic N) is 3. The van der Waals surface area contributed by atoms with Crippen LogP contribution in [0.3, 0.4) is 0 Å². The molecule has 1 aliphatic carbocycles. The van der Waals surface area contributed by atoms with E-state index >= 15 is 0 Å². The first-order valence-electron chi connectivity index (χ1n) is 11.8. The highest BCUT2D eigenvalue weighted by Crippen LogP contribution is 2.55. The maximum absolute atomic E-state index is 13.5. The molecule has 4 aliphatic rings. The van der Waals surface area contributed by atoms with Crippen molar-refractivity contribution in [1.29, 1.82) is 0 Å². The number of β-lactam (4-membered cyclic amide) rings is 1. The van der Waals surface area contributed by atoms with E-state index in [1.54, 1.807) is 45.1 Å². The van der Waals surface area contributed by atoms with Crippen molar-refractivity contribution >= 4 is 47.4 Å². The topological polar surface area (TPSA) is 153 Å². The van der Waals surface area contributed by atoms with Crippen molar-refractivity contribution in [3.63, 3.8) is 0 Å². The van der Waals surface area contributed by atoms with Crippen LogP contribution in [0.2, 0.25) is 0 Å². The van der Waals surface area contributed by atoms with E-state index in [1.165, 1.54) is 16.7 Å². The van der Waals surface area contributed by atoms with E-state index in [9.17, 15) is 33.9 Å². The zero-order valence-corrected chi connectivity index (χ0v) is 21.2. The molecule has 3 aliphatic heterocycles. The average molecular weight is 521 g/mol. The predicted octanol–water partition coefficient (Wildman–Crippen LogP) is 0.115. The molecule has 3 fully saturated rings. The van der Waals surface area contributed by atoms with Gasteiger partial charge in [0.1, 0.15) is 6.42 Å². The zero-order valence-electron chi connectivity index (χ0n) is 20.4. The van der Waals surface area contributed by atoms with Crippen molar-refractivity contribution in [2.45, 2.75) is 61.7 Å². The molecule has 0 radical (unpaired) electrons. The van der Waals surface area contributed by atoms with Crippen molar-refractivity contribution in [3.05, 3.63) is 24.3 Å². The zero-order chi connectivity index (χ0) is 26.5. The Morgan fingerprint density at radius 1 is 1.28 bits per heavy atom. The highest BCUT2D eigenvalue weighted by molar-refractivity contribution is 8.01. The molecule has 194 valence electrons. The maximum atomic E-state index is 13.5. The van der Waals surface area contributed by atoms with Crippen LogP contribution in [0, 0.1) is 0 Å². The van der Waals surface area contributed by atoms with E-state index in [0.29, 0.717) is 0 Å². The molecule has 0 spiro atoms. The molecule has 2 unspecified atom stereocenters. The lowest BCUT2D eigenvalue weighted by atomic mass is 9.85. The van der Waals surface area contributed by atoms with Crippen LogP contribution in [0.25, 0.3) is 0 Å². The van der Waals surface area contributed by atoms with Crippen LogP contribution in [-0.2, 0) is 24.0 Å². The minimum absolute atomic E-state index is 0.00448. The molecule has 4 rings (SSSR count). The number of likely N-dealkylation sites (N-methyl/N-ethyl adjacent to an activating group) is 1. The summed E-state index contributed by atoms with van der Waals surface area (Å²) in [4.78, 5) is 78.4. The molecular weight excluding hydrogens is 490 g/mol. The summed E-state index contributed by atoms with van der Waals surface area (Å²) in [5.74, 6) is -3.98. The first-order valence-corrected chi connectivity index (χ1v) is 12.7. The first-order chi connectivity index (χ1) is 16.9. The van der Waals surface area contributed by atoms with Gasteiger partial charge in [-0.2, -0.15) is 5.43 Å². The molecule has 3 heterocycles. The third-order valence-electron chi connectivity index (χ3n) is 7.23. The Morgan fingerprint density at radius 2 is 2.00 bits per heavy atom. The average Bonchev–Trinajstić information content (AvgIpc) is 2.98. The molecule has 36 heavy (non-hydrogen) atoms. The molecule has 3 saturated heterocycles. The fourth-order valence-corrected chi connectivity index (χ4v) is 7.44. The van der Waals surface area contributed by atoms with Gasteiger partial charge in [-0.05, 0) is 27.2 Å². The molecule has 0 bridgehead atoms. The molecule has 12 nitrogen and oxygen atoms in total. The van der Waals surface area contributed by atoms with Crippen molar-refractivity contribution in [2.24, 2.45) is 0 Å². The molecule has 0 aromatic heterocycles. The second-order valence-corrected chi connectivity index (χ2v) is 11.7. The van der Waals surface area contributed by atoms with Gasteiger partial charge in [-0.15, -0.1) is 4.59 Å². The Balaban J connectivity index is 1.62. The summed E-state index contributed by atoms with van der Waals surface area (Å²) in [6.45, 7) is 5.46. The maximum Gasteiger partial charge on any atom is 0.367 e. The Labute approximate surface area is 212 Å². The number of carbonyl (C=O) groups is 6. The fraction of sp³-hybridized carbons (Fsp3) is 0.565. The summed E-state index contributed by atoms with van der Waals surface area (Å²) in [5, 5.41) is 11.9. The number of allylic oxidation sites excluding steroid dienone is 2. The normalized spacial score (nSPS) is 32.4. The van der Waals surface area contributed by atoms with Gasteiger partial charge in [0.25, 0.3) is 5.91 Å². The predicted molar refractivity (Wildman–Crippen MR) is 128 cm³/mol. The van der Waals surface area contributed by atoms with Crippen molar-refractivity contribution in [2.75, 3.05) is 19.6 Å². The van der Waals surface area contributed by atoms with Gasteiger partial charge in [-0.3, -0.25) is 19.3 Å². The lowest BCUT2D eigenvalue weighted by Crippen LogP contribution is -2.79. The largest absolute Gasteiger partial charge is 0.477 e. The third-order valence-corrected chi connectivity index (χ3v) is 8.83. The van der Waals surface area contributed by atoms with Gasteiger partial charge >= 0.3 is 29.7 Å². The van der Waals surface area contributed by atoms with E-state index in [-0.39, 0.29) is 44.8 Å². The van der Waals surface area contributed by atoms with Crippen LogP contribution in [0.15, 0.2) is 24.3 Å². The van der Waals surface area contributed by atoms with Crippen molar-refractivity contribution in [3.8, 4) is 0 Å². The quantitative estimate of drug-likeness (QED) is 0.254. The second kappa shape index (κ2) is 9.04. The van der Waals surface area contributed by atoms with Crippen LogP contribution in [0.1, 0.15) is 40.0 Å². The van der Waals surface area contributed by atoms with E-state index in [2.05, 4.69) is 10.7 Å². The molecule has 0 saturated carbocycles. The number of quaternary nitrogens is 1. The first kappa shape index (κ1) is 25.9. The number of aliphatic carboxylic acids is 1. The lowest BCUT2D eigenvalue weighted by molar-refractivity contribution is -0.935. The summed E-state index contributed by atoms with van der Waals surface area (Å²) in [6, 6.07) is -1.86. The number of carboxylic acids is 1. The number of hydrogen-bond acceptors (Lipinski definition) is 7. The lowest BCUT2D eigenvalue weighted by Gasteiger charge is -2.47. The van der Waals surface area contributed by atoms with Crippen LogP contribution >= 0.6 is 11.8 Å². The minimum Gasteiger partial charge on any atom is -0.477 e. The SMILES string of the molecule is CCN(C(=O)N1CCNC(=O)C1=O)C1(CC(=O)N[N+]23C(=O)C[C@H]2SC(C)(C)[C@@H]3C(=O)O)C=CC=CC1. The summed E-state index contributed by atoms with van der Waals surface area (Å²) in [6.07, 6.45) is 7.08. The Bertz CT molecular complexity index is 1100. The minimum atomic E-state index is -1.18. The summed E-state index contributed by atoms with van der Waals surface area (Å²) in [5.41, 5.74) is 1.54. The molecule has 0 aromatic rings. The number of piperazine rings is 1. The van der Waals surface area contributed by atoms with Gasteiger partial charge < -0.3 is 15.3 Å². The van der Waals surface area contributed by atoms with Crippen LogP contribution in [-0.4, -0.2) is 96.5 Å². The summed E-state index contributed by atoms with van der Waals surface area (Å²) < 4.78 is -1.45.